The first-order valence-electron chi connectivity index (χ1n) is 4.14. The average molecular weight is 259 g/mol. The lowest BCUT2D eigenvalue weighted by Crippen LogP contribution is -2.51. The van der Waals surface area contributed by atoms with Gasteiger partial charge in [0, 0.05) is 0 Å². The van der Waals surface area contributed by atoms with Gasteiger partial charge in [-0.15, -0.1) is 0 Å². The molecule has 0 bridgehead atoms. The van der Waals surface area contributed by atoms with E-state index in [0.717, 1.165) is 0 Å². The Morgan fingerprint density at radius 3 is 2.19 bits per heavy atom. The van der Waals surface area contributed by atoms with E-state index in [4.69, 9.17) is 25.7 Å². The molecule has 0 saturated heterocycles. The van der Waals surface area contributed by atoms with Crippen LogP contribution in [-0.2, 0) is 13.9 Å². The van der Waals surface area contributed by atoms with Gasteiger partial charge < -0.3 is 35.6 Å². The molecule has 0 aliphatic heterocycles. The maximum atomic E-state index is 10.5. The molecule has 0 aromatic carbocycles. The molecule has 0 saturated carbocycles. The van der Waals surface area contributed by atoms with Crippen molar-refractivity contribution < 1.29 is 39.0 Å². The summed E-state index contributed by atoms with van der Waals surface area (Å²) in [7, 11) is -4.98. The number of hydrogen-bond donors (Lipinski definition) is 6. The van der Waals surface area contributed by atoms with Gasteiger partial charge in [0.25, 0.3) is 0 Å². The van der Waals surface area contributed by atoms with E-state index in [2.05, 4.69) is 4.52 Å². The number of aldehydes is 1. The molecule has 96 valence electrons. The number of hydrogen-bond acceptors (Lipinski definition) is 7. The van der Waals surface area contributed by atoms with Crippen molar-refractivity contribution in [2.45, 2.75) is 24.4 Å². The zero-order valence-corrected chi connectivity index (χ0v) is 8.97. The Labute approximate surface area is 90.7 Å². The van der Waals surface area contributed by atoms with Crippen molar-refractivity contribution in [3.05, 3.63) is 0 Å². The first kappa shape index (κ1) is 15.6. The van der Waals surface area contributed by atoms with Gasteiger partial charge in [-0.25, -0.2) is 4.57 Å². The minimum absolute atomic E-state index is 0.0909. The number of rotatable bonds is 7. The summed E-state index contributed by atoms with van der Waals surface area (Å²) < 4.78 is 14.6. The molecule has 4 atom stereocenters. The second-order valence-corrected chi connectivity index (χ2v) is 4.21. The Balaban J connectivity index is 4.80. The maximum absolute atomic E-state index is 10.5. The summed E-state index contributed by atoms with van der Waals surface area (Å²) in [6.07, 6.45) is -5.37. The standard InChI is InChI=1S/C6H14NO8P/c7-3(1-8)6(15-16(12,13)14)5(11)4(10)2-9/h1,3-6,9-11H,2,7H2,(H2,12,13,14)/t3-,4-,5-,6-/m1/s1. The van der Waals surface area contributed by atoms with Crippen molar-refractivity contribution in [2.75, 3.05) is 6.61 Å². The quantitative estimate of drug-likeness (QED) is 0.202. The summed E-state index contributed by atoms with van der Waals surface area (Å²) in [5.41, 5.74) is 5.13. The zero-order valence-electron chi connectivity index (χ0n) is 8.08. The third-order valence-electron chi connectivity index (χ3n) is 1.71. The van der Waals surface area contributed by atoms with Crippen LogP contribution in [0.3, 0.4) is 0 Å². The van der Waals surface area contributed by atoms with Gasteiger partial charge >= 0.3 is 7.82 Å². The second-order valence-electron chi connectivity index (χ2n) is 3.01. The Morgan fingerprint density at radius 1 is 1.38 bits per heavy atom. The van der Waals surface area contributed by atoms with Crippen molar-refractivity contribution in [2.24, 2.45) is 5.73 Å². The molecule has 0 rings (SSSR count). The molecule has 16 heavy (non-hydrogen) atoms. The van der Waals surface area contributed by atoms with E-state index in [-0.39, 0.29) is 6.29 Å². The number of phosphoric ester groups is 1. The van der Waals surface area contributed by atoms with Crippen molar-refractivity contribution in [1.82, 2.24) is 0 Å². The fourth-order valence-corrected chi connectivity index (χ4v) is 1.51. The molecule has 0 aromatic rings. The van der Waals surface area contributed by atoms with Crippen LogP contribution >= 0.6 is 7.82 Å². The van der Waals surface area contributed by atoms with Gasteiger partial charge in [0.05, 0.1) is 12.6 Å². The van der Waals surface area contributed by atoms with Gasteiger partial charge in [0.1, 0.15) is 24.6 Å². The third-order valence-corrected chi connectivity index (χ3v) is 2.23. The minimum atomic E-state index is -4.98. The van der Waals surface area contributed by atoms with Crippen LogP contribution in [-0.4, -0.2) is 62.4 Å². The van der Waals surface area contributed by atoms with E-state index in [1.807, 2.05) is 0 Å². The van der Waals surface area contributed by atoms with Crippen molar-refractivity contribution in [3.63, 3.8) is 0 Å². The largest absolute Gasteiger partial charge is 0.470 e. The summed E-state index contributed by atoms with van der Waals surface area (Å²) in [6, 6.07) is -1.55. The minimum Gasteiger partial charge on any atom is -0.394 e. The van der Waals surface area contributed by atoms with Crippen molar-refractivity contribution >= 4 is 14.1 Å². The van der Waals surface area contributed by atoms with Crippen LogP contribution < -0.4 is 5.73 Å². The molecular weight excluding hydrogens is 245 g/mol. The molecular formula is C6H14NO8P. The first-order valence-corrected chi connectivity index (χ1v) is 5.67. The molecule has 0 heterocycles. The molecule has 0 aliphatic rings. The maximum Gasteiger partial charge on any atom is 0.470 e. The predicted octanol–water partition coefficient (Wildman–Crippen LogP) is -3.30. The number of nitrogens with two attached hydrogens (primary N) is 1. The molecule has 10 heteroatoms. The van der Waals surface area contributed by atoms with Gasteiger partial charge in [-0.05, 0) is 0 Å². The van der Waals surface area contributed by atoms with Crippen LogP contribution in [0.1, 0.15) is 0 Å². The van der Waals surface area contributed by atoms with Gasteiger partial charge in [-0.2, -0.15) is 0 Å². The lowest BCUT2D eigenvalue weighted by molar-refractivity contribution is -0.117. The van der Waals surface area contributed by atoms with E-state index >= 15 is 0 Å². The number of phosphoric acid groups is 1. The van der Waals surface area contributed by atoms with Crippen molar-refractivity contribution in [1.29, 1.82) is 0 Å². The Bertz CT molecular complexity index is 267. The summed E-state index contributed by atoms with van der Waals surface area (Å²) in [4.78, 5) is 27.3. The number of aliphatic hydroxyl groups excluding tert-OH is 3. The fourth-order valence-electron chi connectivity index (χ4n) is 0.923. The molecule has 0 fully saturated rings. The van der Waals surface area contributed by atoms with Crippen molar-refractivity contribution in [3.8, 4) is 0 Å². The van der Waals surface area contributed by atoms with Crippen LogP contribution in [0.15, 0.2) is 0 Å². The lowest BCUT2D eigenvalue weighted by Gasteiger charge is -2.27. The molecule has 0 aliphatic carbocycles. The first-order chi connectivity index (χ1) is 7.22. The Kier molecular flexibility index (Phi) is 6.23. The number of carbonyl (C=O) groups is 1. The zero-order chi connectivity index (χ0) is 12.9. The van der Waals surface area contributed by atoms with E-state index in [1.54, 1.807) is 0 Å². The second kappa shape index (κ2) is 6.38. The monoisotopic (exact) mass is 259 g/mol. The number of carbonyl (C=O) groups excluding carboxylic acids is 1. The van der Waals surface area contributed by atoms with Crippen LogP contribution in [0, 0.1) is 0 Å². The average Bonchev–Trinajstić information content (AvgIpc) is 2.21. The summed E-state index contributed by atoms with van der Waals surface area (Å²) in [6.45, 7) is -0.881. The highest BCUT2D eigenvalue weighted by Crippen LogP contribution is 2.38. The normalized spacial score (nSPS) is 19.9. The van der Waals surface area contributed by atoms with E-state index in [0.29, 0.717) is 0 Å². The topological polar surface area (TPSA) is 171 Å². The molecule has 7 N–H and O–H groups in total. The number of aliphatic hydroxyl groups is 3. The van der Waals surface area contributed by atoms with E-state index < -0.39 is 38.8 Å². The Hall–Kier alpha value is -0.380. The summed E-state index contributed by atoms with van der Waals surface area (Å²) >= 11 is 0. The van der Waals surface area contributed by atoms with Gasteiger partial charge in [-0.3, -0.25) is 4.52 Å². The highest BCUT2D eigenvalue weighted by atomic mass is 31.2. The van der Waals surface area contributed by atoms with Crippen LogP contribution in [0.4, 0.5) is 0 Å². The Morgan fingerprint density at radius 2 is 1.88 bits per heavy atom. The molecule has 9 nitrogen and oxygen atoms in total. The van der Waals surface area contributed by atoms with E-state index in [1.165, 1.54) is 0 Å². The molecule has 0 amide bonds. The van der Waals surface area contributed by atoms with Gasteiger partial charge in [-0.1, -0.05) is 0 Å². The third kappa shape index (κ3) is 5.10. The van der Waals surface area contributed by atoms with Crippen LogP contribution in [0.5, 0.6) is 0 Å². The predicted molar refractivity (Wildman–Crippen MR) is 50.1 cm³/mol. The van der Waals surface area contributed by atoms with Gasteiger partial charge in [0.2, 0.25) is 0 Å². The summed E-state index contributed by atoms with van der Waals surface area (Å²) in [5.74, 6) is 0. The fraction of sp³-hybridized carbons (Fsp3) is 0.833. The molecule has 0 unspecified atom stereocenters. The highest BCUT2D eigenvalue weighted by molar-refractivity contribution is 7.46. The molecule has 0 radical (unpaired) electrons. The SMILES string of the molecule is N[C@H](C=O)[C@@H](OP(=O)(O)O)[C@H](O)[C@H](O)CO. The summed E-state index contributed by atoms with van der Waals surface area (Å²) in [5, 5.41) is 26.9. The van der Waals surface area contributed by atoms with Crippen LogP contribution in [0.25, 0.3) is 0 Å². The molecule has 0 spiro atoms. The lowest BCUT2D eigenvalue weighted by atomic mass is 10.0. The highest BCUT2D eigenvalue weighted by Gasteiger charge is 2.36. The van der Waals surface area contributed by atoms with E-state index in [9.17, 15) is 14.5 Å². The molecule has 0 aromatic heterocycles. The van der Waals surface area contributed by atoms with Gasteiger partial charge in [0.15, 0.2) is 0 Å². The smallest absolute Gasteiger partial charge is 0.394 e. The van der Waals surface area contributed by atoms with Crippen LogP contribution in [0.2, 0.25) is 0 Å².